The van der Waals surface area contributed by atoms with Crippen LogP contribution in [0, 0.1) is 0 Å². The number of ether oxygens (including phenoxy) is 1. The normalized spacial score (nSPS) is 12.2. The second-order valence-corrected chi connectivity index (χ2v) is 13.9. The van der Waals surface area contributed by atoms with Gasteiger partial charge in [0.05, 0.1) is 0 Å². The Morgan fingerprint density at radius 1 is 0.542 bits per heavy atom. The van der Waals surface area contributed by atoms with Crippen LogP contribution in [0.25, 0.3) is 0 Å². The Morgan fingerprint density at radius 2 is 0.958 bits per heavy atom. The summed E-state index contributed by atoms with van der Waals surface area (Å²) in [6, 6.07) is 0. The maximum Gasteiger partial charge on any atom is 0.322 e. The maximum absolute atomic E-state index is 12.7. The van der Waals surface area contributed by atoms with E-state index in [-0.39, 0.29) is 24.5 Å². The van der Waals surface area contributed by atoms with E-state index in [0.717, 1.165) is 83.5 Å². The number of carboxylic acid groups (broad SMARTS) is 1. The first-order valence-electron chi connectivity index (χ1n) is 20.5. The predicted octanol–water partition coefficient (Wildman–Crippen LogP) is 12.3. The van der Waals surface area contributed by atoms with Gasteiger partial charge in [-0.25, -0.2) is 0 Å². The molecule has 48 heavy (non-hydrogen) atoms. The Labute approximate surface area is 296 Å². The number of unbranched alkanes of at least 4 members (excludes halogenated alkanes) is 22. The Kier molecular flexibility index (Phi) is 36.0. The molecule has 0 rings (SSSR count). The zero-order valence-corrected chi connectivity index (χ0v) is 31.6. The topological polar surface area (TPSA) is 92.7 Å². The van der Waals surface area contributed by atoms with E-state index in [1.54, 1.807) is 0 Å². The van der Waals surface area contributed by atoms with Crippen LogP contribution in [0.3, 0.4) is 0 Å². The van der Waals surface area contributed by atoms with Gasteiger partial charge in [0.15, 0.2) is 0 Å². The van der Waals surface area contributed by atoms with Gasteiger partial charge in [0, 0.05) is 12.8 Å². The molecule has 1 amide bonds. The first-order valence-corrected chi connectivity index (χ1v) is 20.5. The summed E-state index contributed by atoms with van der Waals surface area (Å²) in [6.07, 6.45) is 44.3. The number of esters is 1. The number of carbonyl (C=O) groups excluding carboxylic acids is 2. The molecule has 1 atom stereocenters. The zero-order valence-electron chi connectivity index (χ0n) is 31.6. The van der Waals surface area contributed by atoms with E-state index in [1.807, 2.05) is 0 Å². The number of allylic oxidation sites excluding steroid dienone is 4. The molecule has 0 aliphatic rings. The van der Waals surface area contributed by atoms with Crippen molar-refractivity contribution >= 4 is 17.8 Å². The molecule has 0 radical (unpaired) electrons. The van der Waals surface area contributed by atoms with Crippen molar-refractivity contribution in [1.82, 2.24) is 5.32 Å². The summed E-state index contributed by atoms with van der Waals surface area (Å²) in [5, 5.41) is 11.1. The van der Waals surface area contributed by atoms with E-state index in [0.29, 0.717) is 12.8 Å². The molecule has 0 spiro atoms. The number of hydrogen-bond donors (Lipinski definition) is 2. The zero-order chi connectivity index (χ0) is 35.2. The molecule has 0 aromatic heterocycles. The van der Waals surface area contributed by atoms with Crippen LogP contribution in [-0.4, -0.2) is 35.6 Å². The lowest BCUT2D eigenvalue weighted by Gasteiger charge is -2.18. The molecule has 0 saturated heterocycles. The summed E-state index contributed by atoms with van der Waals surface area (Å²) in [5.74, 6) is -1.24. The van der Waals surface area contributed by atoms with Gasteiger partial charge >= 0.3 is 11.9 Å². The molecule has 0 heterocycles. The summed E-state index contributed by atoms with van der Waals surface area (Å²) in [7, 11) is 0. The highest BCUT2D eigenvalue weighted by Crippen LogP contribution is 2.18. The summed E-state index contributed by atoms with van der Waals surface area (Å²) in [4.78, 5) is 34.9. The number of amides is 1. The molecular formula is C42H77NO5. The van der Waals surface area contributed by atoms with Crippen molar-refractivity contribution in [2.45, 2.75) is 219 Å². The molecule has 2 N–H and O–H groups in total. The lowest BCUT2D eigenvalue weighted by molar-refractivity contribution is -0.150. The maximum atomic E-state index is 12.7. The van der Waals surface area contributed by atoms with E-state index in [2.05, 4.69) is 43.5 Å². The van der Waals surface area contributed by atoms with Crippen LogP contribution < -0.4 is 5.32 Å². The molecule has 0 saturated carbocycles. The average molecular weight is 676 g/mol. The fourth-order valence-electron chi connectivity index (χ4n) is 6.07. The second kappa shape index (κ2) is 37.7. The molecule has 6 heteroatoms. The van der Waals surface area contributed by atoms with Crippen LogP contribution in [0.4, 0.5) is 0 Å². The fourth-order valence-corrected chi connectivity index (χ4v) is 6.07. The van der Waals surface area contributed by atoms with Gasteiger partial charge in [-0.05, 0) is 70.6 Å². The molecule has 6 nitrogen and oxygen atoms in total. The van der Waals surface area contributed by atoms with Gasteiger partial charge in [0.2, 0.25) is 5.91 Å². The van der Waals surface area contributed by atoms with Crippen molar-refractivity contribution < 1.29 is 24.2 Å². The van der Waals surface area contributed by atoms with Crippen molar-refractivity contribution in [3.05, 3.63) is 24.3 Å². The standard InChI is InChI=1S/C42H77NO5/c1-3-5-7-9-11-13-15-16-17-18-20-21-23-26-30-34-39(35-31-27-25-28-32-36-40(44)43-38-41(45)46)48-42(47)37-33-29-24-22-19-14-12-10-8-6-4-2/h15-16,18,20,39H,3-14,17,19,21-38H2,1-2H3,(H,43,44)(H,45,46)/b16-15-,20-18-. The van der Waals surface area contributed by atoms with Crippen LogP contribution in [0.5, 0.6) is 0 Å². The van der Waals surface area contributed by atoms with Crippen LogP contribution in [0.15, 0.2) is 24.3 Å². The van der Waals surface area contributed by atoms with Gasteiger partial charge in [-0.1, -0.05) is 154 Å². The van der Waals surface area contributed by atoms with Crippen LogP contribution in [0.1, 0.15) is 213 Å². The first-order chi connectivity index (χ1) is 23.5. The van der Waals surface area contributed by atoms with E-state index in [4.69, 9.17) is 9.84 Å². The minimum Gasteiger partial charge on any atom is -0.480 e. The Hall–Kier alpha value is -2.11. The Morgan fingerprint density at radius 3 is 1.46 bits per heavy atom. The summed E-state index contributed by atoms with van der Waals surface area (Å²) < 4.78 is 6.01. The van der Waals surface area contributed by atoms with Crippen molar-refractivity contribution in [2.75, 3.05) is 6.54 Å². The quantitative estimate of drug-likeness (QED) is 0.0388. The third kappa shape index (κ3) is 36.7. The van der Waals surface area contributed by atoms with Crippen LogP contribution in [-0.2, 0) is 19.1 Å². The van der Waals surface area contributed by atoms with E-state index >= 15 is 0 Å². The predicted molar refractivity (Wildman–Crippen MR) is 203 cm³/mol. The minimum absolute atomic E-state index is 0.00894. The summed E-state index contributed by atoms with van der Waals surface area (Å²) in [6.45, 7) is 4.21. The highest BCUT2D eigenvalue weighted by Gasteiger charge is 2.14. The molecule has 0 fully saturated rings. The second-order valence-electron chi connectivity index (χ2n) is 13.9. The average Bonchev–Trinajstić information content (AvgIpc) is 3.07. The van der Waals surface area contributed by atoms with Gasteiger partial charge in [-0.15, -0.1) is 0 Å². The smallest absolute Gasteiger partial charge is 0.322 e. The molecule has 0 bridgehead atoms. The summed E-state index contributed by atoms with van der Waals surface area (Å²) >= 11 is 0. The lowest BCUT2D eigenvalue weighted by atomic mass is 10.0. The minimum atomic E-state index is -1.02. The van der Waals surface area contributed by atoms with Gasteiger partial charge in [0.25, 0.3) is 0 Å². The number of rotatable bonds is 37. The van der Waals surface area contributed by atoms with E-state index in [1.165, 1.54) is 103 Å². The SMILES string of the molecule is CCCCCCC/C=C\C/C=C\CCCCCC(CCCCCCCC(=O)NCC(=O)O)OC(=O)CCCCCCCCCCCCC. The number of aliphatic carboxylic acids is 1. The monoisotopic (exact) mass is 676 g/mol. The molecule has 0 aliphatic heterocycles. The fraction of sp³-hybridized carbons (Fsp3) is 0.833. The Bertz CT molecular complexity index is 793. The van der Waals surface area contributed by atoms with Gasteiger partial charge in [0.1, 0.15) is 12.6 Å². The largest absolute Gasteiger partial charge is 0.480 e. The number of hydrogen-bond acceptors (Lipinski definition) is 4. The third-order valence-corrected chi connectivity index (χ3v) is 9.13. The van der Waals surface area contributed by atoms with Crippen molar-refractivity contribution in [3.8, 4) is 0 Å². The van der Waals surface area contributed by atoms with Gasteiger partial charge < -0.3 is 15.2 Å². The molecule has 0 aromatic rings. The summed E-state index contributed by atoms with van der Waals surface area (Å²) in [5.41, 5.74) is 0. The van der Waals surface area contributed by atoms with Crippen molar-refractivity contribution in [1.29, 1.82) is 0 Å². The van der Waals surface area contributed by atoms with Crippen molar-refractivity contribution in [3.63, 3.8) is 0 Å². The molecular weight excluding hydrogens is 598 g/mol. The van der Waals surface area contributed by atoms with Crippen molar-refractivity contribution in [2.24, 2.45) is 0 Å². The lowest BCUT2D eigenvalue weighted by Crippen LogP contribution is -2.28. The van der Waals surface area contributed by atoms with Gasteiger partial charge in [-0.2, -0.15) is 0 Å². The third-order valence-electron chi connectivity index (χ3n) is 9.13. The highest BCUT2D eigenvalue weighted by atomic mass is 16.5. The van der Waals surface area contributed by atoms with E-state index < -0.39 is 5.97 Å². The van der Waals surface area contributed by atoms with Gasteiger partial charge in [-0.3, -0.25) is 14.4 Å². The number of nitrogens with one attached hydrogen (secondary N) is 1. The molecule has 0 aromatic carbocycles. The number of carbonyl (C=O) groups is 3. The first kappa shape index (κ1) is 45.9. The number of carboxylic acids is 1. The Balaban J connectivity index is 4.23. The highest BCUT2D eigenvalue weighted by molar-refractivity contribution is 5.80. The van der Waals surface area contributed by atoms with Crippen LogP contribution in [0.2, 0.25) is 0 Å². The van der Waals surface area contributed by atoms with Crippen LogP contribution >= 0.6 is 0 Å². The molecule has 1 unspecified atom stereocenters. The molecule has 0 aliphatic carbocycles. The molecule has 280 valence electrons. The van der Waals surface area contributed by atoms with E-state index in [9.17, 15) is 14.4 Å².